The molecule has 1 nitrogen and oxygen atoms in total. The molecule has 0 atom stereocenters. The van der Waals surface area contributed by atoms with Crippen molar-refractivity contribution in [2.45, 2.75) is 6.92 Å². The predicted molar refractivity (Wildman–Crippen MR) is 50.4 cm³/mol. The molecule has 13 heavy (non-hydrogen) atoms. The lowest BCUT2D eigenvalue weighted by Crippen LogP contribution is -1.78. The quantitative estimate of drug-likeness (QED) is 0.647. The van der Waals surface area contributed by atoms with E-state index in [1.165, 1.54) is 5.56 Å². The van der Waals surface area contributed by atoms with E-state index < -0.39 is 0 Å². The maximum atomic E-state index is 11.8. The molecule has 2 aromatic carbocycles. The van der Waals surface area contributed by atoms with Crippen LogP contribution in [0.1, 0.15) is 5.56 Å². The minimum atomic E-state index is 0.247. The van der Waals surface area contributed by atoms with Gasteiger partial charge in [-0.2, -0.15) is 0 Å². The molecule has 0 saturated carbocycles. The minimum absolute atomic E-state index is 0.247. The van der Waals surface area contributed by atoms with Crippen molar-refractivity contribution in [2.24, 2.45) is 0 Å². The molecule has 2 aromatic rings. The fraction of sp³-hybridized carbons (Fsp3) is 0.0909. The van der Waals surface area contributed by atoms with Gasteiger partial charge in [0.2, 0.25) is 0 Å². The van der Waals surface area contributed by atoms with Gasteiger partial charge in [0, 0.05) is 4.53 Å². The van der Waals surface area contributed by atoms with Gasteiger partial charge >= 0.3 is 0 Å². The van der Waals surface area contributed by atoms with E-state index in [1.807, 2.05) is 25.1 Å². The summed E-state index contributed by atoms with van der Waals surface area (Å²) in [5, 5.41) is 2.08. The Morgan fingerprint density at radius 2 is 1.69 bits per heavy atom. The smallest absolute Gasteiger partial charge is 0.172 e. The molecule has 0 amide bonds. The van der Waals surface area contributed by atoms with Gasteiger partial charge in [0.1, 0.15) is 0 Å². The van der Waals surface area contributed by atoms with E-state index in [2.05, 4.69) is 11.0 Å². The zero-order valence-electron chi connectivity index (χ0n) is 7.25. The van der Waals surface area contributed by atoms with Crippen molar-refractivity contribution < 1.29 is 9.47 Å². The van der Waals surface area contributed by atoms with Gasteiger partial charge in [-0.3, -0.25) is 4.94 Å². The molecule has 2 rings (SSSR count). The Morgan fingerprint density at radius 1 is 1.00 bits per heavy atom. The van der Waals surface area contributed by atoms with Crippen molar-refractivity contribution in [3.63, 3.8) is 0 Å². The summed E-state index contributed by atoms with van der Waals surface area (Å²) in [7, 11) is 0. The first kappa shape index (κ1) is 8.05. The molecular formula is C11H9FO. The van der Waals surface area contributed by atoms with Gasteiger partial charge in [-0.1, -0.05) is 29.8 Å². The zero-order chi connectivity index (χ0) is 9.26. The lowest BCUT2D eigenvalue weighted by molar-refractivity contribution is -0.00603. The molecule has 0 aliphatic carbocycles. The van der Waals surface area contributed by atoms with Crippen molar-refractivity contribution >= 4 is 10.8 Å². The Balaban J connectivity index is 2.66. The van der Waals surface area contributed by atoms with Gasteiger partial charge in [0.25, 0.3) is 0 Å². The van der Waals surface area contributed by atoms with Crippen molar-refractivity contribution in [3.05, 3.63) is 42.0 Å². The third-order valence-corrected chi connectivity index (χ3v) is 2.06. The topological polar surface area (TPSA) is 9.23 Å². The molecule has 0 N–H and O–H groups in total. The lowest BCUT2D eigenvalue weighted by atomic mass is 10.1. The Kier molecular flexibility index (Phi) is 1.89. The van der Waals surface area contributed by atoms with Crippen LogP contribution in [-0.2, 0) is 0 Å². The fourth-order valence-electron chi connectivity index (χ4n) is 1.39. The maximum Gasteiger partial charge on any atom is 0.172 e. The number of hydrogen-bond donors (Lipinski definition) is 0. The summed E-state index contributed by atoms with van der Waals surface area (Å²) in [6.07, 6.45) is 0. The first-order valence-corrected chi connectivity index (χ1v) is 4.08. The largest absolute Gasteiger partial charge is 0.294 e. The summed E-state index contributed by atoms with van der Waals surface area (Å²) in [6.45, 7) is 2.03. The molecule has 66 valence electrons. The van der Waals surface area contributed by atoms with E-state index in [0.717, 1.165) is 10.8 Å². The van der Waals surface area contributed by atoms with Gasteiger partial charge < -0.3 is 0 Å². The Hall–Kier alpha value is -1.57. The summed E-state index contributed by atoms with van der Waals surface area (Å²) in [4.78, 5) is 3.65. The summed E-state index contributed by atoms with van der Waals surface area (Å²) in [5.41, 5.74) is 1.20. The molecule has 0 radical (unpaired) electrons. The van der Waals surface area contributed by atoms with Crippen LogP contribution in [0.25, 0.3) is 10.8 Å². The highest BCUT2D eigenvalue weighted by atomic mass is 19.3. The van der Waals surface area contributed by atoms with E-state index in [-0.39, 0.29) is 5.75 Å². The van der Waals surface area contributed by atoms with Crippen molar-refractivity contribution in [1.29, 1.82) is 0 Å². The fourth-order valence-corrected chi connectivity index (χ4v) is 1.39. The minimum Gasteiger partial charge on any atom is -0.294 e. The summed E-state index contributed by atoms with van der Waals surface area (Å²) >= 11 is 0. The first-order chi connectivity index (χ1) is 6.29. The summed E-state index contributed by atoms with van der Waals surface area (Å²) in [6, 6.07) is 11.1. The number of hydrogen-bond acceptors (Lipinski definition) is 1. The highest BCUT2D eigenvalue weighted by molar-refractivity contribution is 5.84. The van der Waals surface area contributed by atoms with Crippen LogP contribution in [0.4, 0.5) is 4.53 Å². The van der Waals surface area contributed by atoms with Gasteiger partial charge in [-0.15, -0.1) is 0 Å². The third-order valence-electron chi connectivity index (χ3n) is 2.06. The highest BCUT2D eigenvalue weighted by Crippen LogP contribution is 2.21. The lowest BCUT2D eigenvalue weighted by Gasteiger charge is -2.00. The molecule has 0 aliphatic rings. The highest BCUT2D eigenvalue weighted by Gasteiger charge is 1.97. The van der Waals surface area contributed by atoms with E-state index in [4.69, 9.17) is 0 Å². The van der Waals surface area contributed by atoms with Gasteiger partial charge in [0.05, 0.1) is 0 Å². The van der Waals surface area contributed by atoms with Crippen molar-refractivity contribution in [3.8, 4) is 5.75 Å². The summed E-state index contributed by atoms with van der Waals surface area (Å²) < 4.78 is 11.8. The van der Waals surface area contributed by atoms with Crippen LogP contribution < -0.4 is 4.94 Å². The van der Waals surface area contributed by atoms with Crippen LogP contribution in [0.5, 0.6) is 5.75 Å². The number of fused-ring (bicyclic) bond motifs is 1. The molecule has 0 fully saturated rings. The molecular weight excluding hydrogens is 167 g/mol. The van der Waals surface area contributed by atoms with Crippen molar-refractivity contribution in [2.75, 3.05) is 0 Å². The molecule has 0 aliphatic heterocycles. The monoisotopic (exact) mass is 176 g/mol. The van der Waals surface area contributed by atoms with Gasteiger partial charge in [-0.25, -0.2) is 0 Å². The molecule has 0 aromatic heterocycles. The van der Waals surface area contributed by atoms with Crippen molar-refractivity contribution in [1.82, 2.24) is 0 Å². The van der Waals surface area contributed by atoms with Gasteiger partial charge in [-0.05, 0) is 29.8 Å². The SMILES string of the molecule is Cc1ccc2cc(OF)ccc2c1. The molecule has 0 bridgehead atoms. The van der Waals surface area contributed by atoms with E-state index in [1.54, 1.807) is 12.1 Å². The van der Waals surface area contributed by atoms with E-state index in [0.29, 0.717) is 0 Å². The maximum absolute atomic E-state index is 11.8. The molecule has 0 unspecified atom stereocenters. The number of halogens is 1. The van der Waals surface area contributed by atoms with Crippen LogP contribution in [0.2, 0.25) is 0 Å². The second kappa shape index (κ2) is 3.05. The Morgan fingerprint density at radius 3 is 2.46 bits per heavy atom. The Bertz CT molecular complexity index is 437. The van der Waals surface area contributed by atoms with Gasteiger partial charge in [0.15, 0.2) is 5.75 Å². The molecule has 0 spiro atoms. The molecule has 0 heterocycles. The average molecular weight is 176 g/mol. The second-order valence-electron chi connectivity index (χ2n) is 3.09. The standard InChI is InChI=1S/C11H9FO/c1-8-2-3-10-7-11(13-12)5-4-9(10)6-8/h2-7H,1H3. The van der Waals surface area contributed by atoms with E-state index >= 15 is 0 Å². The second-order valence-corrected chi connectivity index (χ2v) is 3.09. The number of benzene rings is 2. The predicted octanol–water partition coefficient (Wildman–Crippen LogP) is 3.41. The third kappa shape index (κ3) is 1.47. The molecule has 0 saturated heterocycles. The van der Waals surface area contributed by atoms with E-state index in [9.17, 15) is 4.53 Å². The van der Waals surface area contributed by atoms with Crippen LogP contribution in [-0.4, -0.2) is 0 Å². The Labute approximate surface area is 75.7 Å². The first-order valence-electron chi connectivity index (χ1n) is 4.08. The average Bonchev–Trinajstić information content (AvgIpc) is 2.17. The normalized spacial score (nSPS) is 10.3. The zero-order valence-corrected chi connectivity index (χ0v) is 7.25. The summed E-state index contributed by atoms with van der Waals surface area (Å²) in [5.74, 6) is 0.247. The van der Waals surface area contributed by atoms with Crippen LogP contribution in [0.15, 0.2) is 36.4 Å². The van der Waals surface area contributed by atoms with Crippen LogP contribution in [0.3, 0.4) is 0 Å². The number of aryl methyl sites for hydroxylation is 1. The molecule has 2 heteroatoms. The number of rotatable bonds is 1. The van der Waals surface area contributed by atoms with Crippen LogP contribution >= 0.6 is 0 Å². The van der Waals surface area contributed by atoms with Crippen LogP contribution in [0, 0.1) is 6.92 Å².